The van der Waals surface area contributed by atoms with Crippen LogP contribution in [0.4, 0.5) is 4.39 Å². The number of halogens is 1. The number of benzene rings is 1. The van der Waals surface area contributed by atoms with Crippen LogP contribution in [0.2, 0.25) is 0 Å². The average molecular weight is 346 g/mol. The maximum absolute atomic E-state index is 13.7. The summed E-state index contributed by atoms with van der Waals surface area (Å²) in [7, 11) is 1.55. The van der Waals surface area contributed by atoms with E-state index in [2.05, 4.69) is 5.10 Å². The SMILES string of the molecule is COc1ccccc1-n1ncc(C(=O)N2C[C@H](F)C[C@H]2C(N)=O)c1C. The predicted molar refractivity (Wildman–Crippen MR) is 88.4 cm³/mol. The normalized spacial score (nSPS) is 19.9. The Morgan fingerprint density at radius 3 is 2.76 bits per heavy atom. The summed E-state index contributed by atoms with van der Waals surface area (Å²) >= 11 is 0. The van der Waals surface area contributed by atoms with Crippen molar-refractivity contribution in [2.75, 3.05) is 13.7 Å². The van der Waals surface area contributed by atoms with Crippen LogP contribution < -0.4 is 10.5 Å². The molecule has 1 aromatic carbocycles. The van der Waals surface area contributed by atoms with Gasteiger partial charge in [0.2, 0.25) is 5.91 Å². The first-order valence-electron chi connectivity index (χ1n) is 7.86. The molecule has 1 aromatic heterocycles. The van der Waals surface area contributed by atoms with E-state index in [4.69, 9.17) is 10.5 Å². The quantitative estimate of drug-likeness (QED) is 0.901. The van der Waals surface area contributed by atoms with Gasteiger partial charge in [-0.15, -0.1) is 0 Å². The van der Waals surface area contributed by atoms with E-state index in [1.165, 1.54) is 11.1 Å². The standard InChI is InChI=1S/C17H19FN4O3/c1-10-12(17(24)21-9-11(18)7-14(21)16(19)23)8-20-22(10)13-5-3-4-6-15(13)25-2/h3-6,8,11,14H,7,9H2,1-2H3,(H2,19,23)/t11-,14+/m1/s1. The van der Waals surface area contributed by atoms with Crippen molar-refractivity contribution >= 4 is 11.8 Å². The molecule has 25 heavy (non-hydrogen) atoms. The van der Waals surface area contributed by atoms with E-state index in [9.17, 15) is 14.0 Å². The average Bonchev–Trinajstić information content (AvgIpc) is 3.17. The molecule has 1 aliphatic rings. The molecule has 0 unspecified atom stereocenters. The van der Waals surface area contributed by atoms with Crippen LogP contribution in [0.25, 0.3) is 5.69 Å². The molecule has 0 bridgehead atoms. The molecule has 0 spiro atoms. The van der Waals surface area contributed by atoms with Gasteiger partial charge in [-0.1, -0.05) is 12.1 Å². The number of methoxy groups -OCH3 is 1. The molecule has 0 radical (unpaired) electrons. The maximum Gasteiger partial charge on any atom is 0.258 e. The molecule has 1 saturated heterocycles. The Morgan fingerprint density at radius 1 is 1.36 bits per heavy atom. The van der Waals surface area contributed by atoms with Gasteiger partial charge in [-0.25, -0.2) is 9.07 Å². The molecule has 2 N–H and O–H groups in total. The van der Waals surface area contributed by atoms with Crippen LogP contribution in [0.5, 0.6) is 5.75 Å². The minimum Gasteiger partial charge on any atom is -0.494 e. The van der Waals surface area contributed by atoms with Crippen molar-refractivity contribution in [3.63, 3.8) is 0 Å². The second-order valence-corrected chi connectivity index (χ2v) is 5.94. The molecule has 7 nitrogen and oxygen atoms in total. The topological polar surface area (TPSA) is 90.5 Å². The summed E-state index contributed by atoms with van der Waals surface area (Å²) in [5, 5.41) is 4.26. The van der Waals surface area contributed by atoms with Gasteiger partial charge in [0.05, 0.1) is 31.1 Å². The van der Waals surface area contributed by atoms with E-state index in [0.717, 1.165) is 0 Å². The smallest absolute Gasteiger partial charge is 0.258 e. The van der Waals surface area contributed by atoms with Crippen LogP contribution >= 0.6 is 0 Å². The highest BCUT2D eigenvalue weighted by Gasteiger charge is 2.40. The molecule has 8 heteroatoms. The molecule has 2 aromatic rings. The molecule has 2 atom stereocenters. The number of rotatable bonds is 4. The van der Waals surface area contributed by atoms with E-state index in [0.29, 0.717) is 22.7 Å². The third-order valence-electron chi connectivity index (χ3n) is 4.39. The fourth-order valence-electron chi connectivity index (χ4n) is 3.10. The number of likely N-dealkylation sites (tertiary alicyclic amines) is 1. The summed E-state index contributed by atoms with van der Waals surface area (Å²) in [4.78, 5) is 25.5. The zero-order chi connectivity index (χ0) is 18.1. The lowest BCUT2D eigenvalue weighted by atomic mass is 10.1. The number of para-hydroxylation sites is 2. The maximum atomic E-state index is 13.7. The summed E-state index contributed by atoms with van der Waals surface area (Å²) < 4.78 is 20.6. The van der Waals surface area contributed by atoms with E-state index < -0.39 is 24.0 Å². The van der Waals surface area contributed by atoms with Gasteiger partial charge in [0.25, 0.3) is 5.91 Å². The van der Waals surface area contributed by atoms with Crippen molar-refractivity contribution in [3.05, 3.63) is 41.7 Å². The fourth-order valence-corrected chi connectivity index (χ4v) is 3.10. The van der Waals surface area contributed by atoms with Crippen molar-refractivity contribution in [1.82, 2.24) is 14.7 Å². The van der Waals surface area contributed by atoms with Crippen LogP contribution in [0.15, 0.2) is 30.5 Å². The first kappa shape index (κ1) is 16.9. The number of hydrogen-bond donors (Lipinski definition) is 1. The van der Waals surface area contributed by atoms with E-state index in [1.807, 2.05) is 18.2 Å². The summed E-state index contributed by atoms with van der Waals surface area (Å²) in [5.41, 5.74) is 6.85. The third-order valence-corrected chi connectivity index (χ3v) is 4.39. The summed E-state index contributed by atoms with van der Waals surface area (Å²) in [6, 6.07) is 6.33. The first-order chi connectivity index (χ1) is 11.9. The summed E-state index contributed by atoms with van der Waals surface area (Å²) in [5.74, 6) is -0.557. The van der Waals surface area contributed by atoms with Crippen molar-refractivity contribution in [2.24, 2.45) is 5.73 Å². The van der Waals surface area contributed by atoms with Crippen LogP contribution in [0, 0.1) is 6.92 Å². The number of carbonyl (C=O) groups excluding carboxylic acids is 2. The Balaban J connectivity index is 1.96. The highest BCUT2D eigenvalue weighted by atomic mass is 19.1. The molecule has 1 aliphatic heterocycles. The lowest BCUT2D eigenvalue weighted by molar-refractivity contribution is -0.121. The van der Waals surface area contributed by atoms with Gasteiger partial charge < -0.3 is 15.4 Å². The number of alkyl halides is 1. The molecule has 132 valence electrons. The highest BCUT2D eigenvalue weighted by Crippen LogP contribution is 2.27. The van der Waals surface area contributed by atoms with Crippen LogP contribution in [0.1, 0.15) is 22.5 Å². The zero-order valence-electron chi connectivity index (χ0n) is 14.0. The number of nitrogens with two attached hydrogens (primary N) is 1. The Bertz CT molecular complexity index is 820. The Kier molecular flexibility index (Phi) is 4.43. The molecule has 3 rings (SSSR count). The van der Waals surface area contributed by atoms with E-state index in [1.54, 1.807) is 24.8 Å². The van der Waals surface area contributed by atoms with Crippen molar-refractivity contribution < 1.29 is 18.7 Å². The highest BCUT2D eigenvalue weighted by molar-refractivity contribution is 5.98. The van der Waals surface area contributed by atoms with Gasteiger partial charge in [-0.3, -0.25) is 9.59 Å². The van der Waals surface area contributed by atoms with Gasteiger partial charge in [0, 0.05) is 6.42 Å². The number of carbonyl (C=O) groups is 2. The molecule has 2 heterocycles. The minimum atomic E-state index is -1.26. The van der Waals surface area contributed by atoms with Crippen molar-refractivity contribution in [3.8, 4) is 11.4 Å². The zero-order valence-corrected chi connectivity index (χ0v) is 14.0. The number of nitrogens with zero attached hydrogens (tertiary/aromatic N) is 3. The van der Waals surface area contributed by atoms with E-state index >= 15 is 0 Å². The molecule has 0 saturated carbocycles. The monoisotopic (exact) mass is 346 g/mol. The van der Waals surface area contributed by atoms with Gasteiger partial charge in [-0.05, 0) is 19.1 Å². The van der Waals surface area contributed by atoms with Crippen LogP contribution in [-0.2, 0) is 4.79 Å². The molecular weight excluding hydrogens is 327 g/mol. The molecule has 0 aliphatic carbocycles. The first-order valence-corrected chi connectivity index (χ1v) is 7.86. The predicted octanol–water partition coefficient (Wildman–Crippen LogP) is 1.23. The lowest BCUT2D eigenvalue weighted by Gasteiger charge is -2.21. The number of aromatic nitrogens is 2. The molecular formula is C17H19FN4O3. The Morgan fingerprint density at radius 2 is 2.08 bits per heavy atom. The van der Waals surface area contributed by atoms with Crippen LogP contribution in [-0.4, -0.2) is 52.4 Å². The second kappa shape index (κ2) is 6.54. The number of ether oxygens (including phenoxy) is 1. The van der Waals surface area contributed by atoms with E-state index in [-0.39, 0.29) is 13.0 Å². The summed E-state index contributed by atoms with van der Waals surface area (Å²) in [6.07, 6.45) is 0.0834. The number of primary amides is 1. The number of amides is 2. The van der Waals surface area contributed by atoms with Crippen molar-refractivity contribution in [1.29, 1.82) is 0 Å². The number of hydrogen-bond acceptors (Lipinski definition) is 4. The minimum absolute atomic E-state index is 0.0687. The summed E-state index contributed by atoms with van der Waals surface area (Å²) in [6.45, 7) is 1.58. The van der Waals surface area contributed by atoms with Crippen molar-refractivity contribution in [2.45, 2.75) is 25.6 Å². The van der Waals surface area contributed by atoms with Gasteiger partial charge in [-0.2, -0.15) is 5.10 Å². The third kappa shape index (κ3) is 2.95. The van der Waals surface area contributed by atoms with Gasteiger partial charge in [0.1, 0.15) is 23.7 Å². The fraction of sp³-hybridized carbons (Fsp3) is 0.353. The molecule has 2 amide bonds. The Labute approximate surface area is 144 Å². The lowest BCUT2D eigenvalue weighted by Crippen LogP contribution is -2.43. The van der Waals surface area contributed by atoms with Crippen LogP contribution in [0.3, 0.4) is 0 Å². The molecule has 1 fully saturated rings. The Hall–Kier alpha value is -2.90. The van der Waals surface area contributed by atoms with Gasteiger partial charge in [0.15, 0.2) is 0 Å². The second-order valence-electron chi connectivity index (χ2n) is 5.94. The van der Waals surface area contributed by atoms with Gasteiger partial charge >= 0.3 is 0 Å². The largest absolute Gasteiger partial charge is 0.494 e.